The normalized spacial score (nSPS) is 12.0. The van der Waals surface area contributed by atoms with Crippen molar-refractivity contribution in [1.82, 2.24) is 15.1 Å². The van der Waals surface area contributed by atoms with E-state index in [1.165, 1.54) is 4.68 Å². The molecule has 25 heavy (non-hydrogen) atoms. The van der Waals surface area contributed by atoms with Gasteiger partial charge in [-0.2, -0.15) is 5.10 Å². The predicted molar refractivity (Wildman–Crippen MR) is 92.9 cm³/mol. The first kappa shape index (κ1) is 18.3. The molecule has 1 atom stereocenters. The molecule has 1 aromatic carbocycles. The number of benzene rings is 1. The van der Waals surface area contributed by atoms with Crippen LogP contribution in [0, 0.1) is 0 Å². The zero-order valence-corrected chi connectivity index (χ0v) is 14.0. The number of carboxylic acids is 1. The van der Waals surface area contributed by atoms with Gasteiger partial charge in [-0.05, 0) is 18.9 Å². The summed E-state index contributed by atoms with van der Waals surface area (Å²) in [5.41, 5.74) is 1.74. The lowest BCUT2D eigenvalue weighted by Gasteiger charge is -2.05. The van der Waals surface area contributed by atoms with Crippen LogP contribution < -0.4 is 5.32 Å². The number of nitrogens with one attached hydrogen (secondary N) is 1. The van der Waals surface area contributed by atoms with Crippen LogP contribution in [0.25, 0.3) is 6.08 Å². The van der Waals surface area contributed by atoms with Crippen LogP contribution in [0.3, 0.4) is 0 Å². The average molecular weight is 343 g/mol. The Labute approximate surface area is 145 Å². The molecule has 0 saturated heterocycles. The van der Waals surface area contributed by atoms with Crippen LogP contribution in [-0.4, -0.2) is 33.5 Å². The first-order valence-corrected chi connectivity index (χ1v) is 7.94. The Kier molecular flexibility index (Phi) is 6.76. The predicted octanol–water partition coefficient (Wildman–Crippen LogP) is 2.86. The van der Waals surface area contributed by atoms with Gasteiger partial charge in [0.2, 0.25) is 0 Å². The van der Waals surface area contributed by atoms with E-state index in [1.54, 1.807) is 19.3 Å². The molecule has 0 fully saturated rings. The summed E-state index contributed by atoms with van der Waals surface area (Å²) in [6.07, 6.45) is 7.13. The van der Waals surface area contributed by atoms with E-state index in [0.717, 1.165) is 11.1 Å². The second-order valence-electron chi connectivity index (χ2n) is 5.45. The molecule has 2 aromatic rings. The molecule has 132 valence electrons. The van der Waals surface area contributed by atoms with Crippen molar-refractivity contribution in [1.29, 1.82) is 0 Å². The largest absolute Gasteiger partial charge is 0.480 e. The summed E-state index contributed by atoms with van der Waals surface area (Å²) < 4.78 is 6.49. The summed E-state index contributed by atoms with van der Waals surface area (Å²) >= 11 is 0. The summed E-state index contributed by atoms with van der Waals surface area (Å²) in [5.74, 6) is -0.933. The molecule has 0 aliphatic carbocycles. The summed E-state index contributed by atoms with van der Waals surface area (Å²) in [7, 11) is 0. The number of hydrogen-bond donors (Lipinski definition) is 2. The van der Waals surface area contributed by atoms with Crippen molar-refractivity contribution >= 4 is 18.1 Å². The second kappa shape index (κ2) is 9.27. The number of ether oxygens (including phenoxy) is 1. The highest BCUT2D eigenvalue weighted by Gasteiger charge is 2.13. The molecule has 0 aliphatic rings. The van der Waals surface area contributed by atoms with E-state index in [1.807, 2.05) is 42.5 Å². The summed E-state index contributed by atoms with van der Waals surface area (Å²) in [4.78, 5) is 22.5. The van der Waals surface area contributed by atoms with Crippen molar-refractivity contribution in [2.45, 2.75) is 26.0 Å². The fourth-order valence-corrected chi connectivity index (χ4v) is 2.01. The topological polar surface area (TPSA) is 93.5 Å². The van der Waals surface area contributed by atoms with Crippen LogP contribution in [0.2, 0.25) is 0 Å². The maximum absolute atomic E-state index is 11.6. The van der Waals surface area contributed by atoms with Crippen molar-refractivity contribution in [3.8, 4) is 0 Å². The molecule has 1 amide bonds. The number of carbonyl (C=O) groups is 2. The van der Waals surface area contributed by atoms with Gasteiger partial charge in [-0.1, -0.05) is 42.5 Å². The monoisotopic (exact) mass is 343 g/mol. The zero-order valence-electron chi connectivity index (χ0n) is 14.0. The van der Waals surface area contributed by atoms with Crippen LogP contribution in [-0.2, 0) is 16.1 Å². The summed E-state index contributed by atoms with van der Waals surface area (Å²) in [5, 5.41) is 15.6. The highest BCUT2D eigenvalue weighted by atomic mass is 16.5. The molecule has 2 N–H and O–H groups in total. The van der Waals surface area contributed by atoms with Crippen LogP contribution in [0.1, 0.15) is 30.5 Å². The van der Waals surface area contributed by atoms with Crippen molar-refractivity contribution in [2.75, 3.05) is 6.54 Å². The van der Waals surface area contributed by atoms with Gasteiger partial charge in [-0.25, -0.2) is 9.59 Å². The Balaban J connectivity index is 1.66. The van der Waals surface area contributed by atoms with Gasteiger partial charge in [0.05, 0.1) is 6.20 Å². The number of rotatable bonds is 8. The molecule has 0 bridgehead atoms. The molecule has 0 unspecified atom stereocenters. The maximum atomic E-state index is 11.6. The number of hydrogen-bond acceptors (Lipinski definition) is 4. The highest BCUT2D eigenvalue weighted by molar-refractivity contribution is 5.71. The third-order valence-electron chi connectivity index (χ3n) is 3.48. The molecule has 1 aromatic heterocycles. The molecule has 0 aliphatic heterocycles. The quantitative estimate of drug-likeness (QED) is 0.719. The van der Waals surface area contributed by atoms with Crippen molar-refractivity contribution in [2.24, 2.45) is 0 Å². The van der Waals surface area contributed by atoms with Gasteiger partial charge in [0.1, 0.15) is 12.6 Å². The van der Waals surface area contributed by atoms with Crippen molar-refractivity contribution in [3.63, 3.8) is 0 Å². The van der Waals surface area contributed by atoms with E-state index >= 15 is 0 Å². The Morgan fingerprint density at radius 2 is 2.12 bits per heavy atom. The smallest absolute Gasteiger partial charge is 0.407 e. The lowest BCUT2D eigenvalue weighted by atomic mass is 10.2. The average Bonchev–Trinajstić information content (AvgIpc) is 3.08. The Bertz CT molecular complexity index is 725. The third kappa shape index (κ3) is 6.14. The lowest BCUT2D eigenvalue weighted by Crippen LogP contribution is -2.24. The number of alkyl carbamates (subject to hydrolysis) is 1. The number of amides is 1. The molecule has 2 rings (SSSR count). The first-order valence-electron chi connectivity index (χ1n) is 7.94. The van der Waals surface area contributed by atoms with E-state index in [0.29, 0.717) is 13.0 Å². The minimum atomic E-state index is -0.933. The lowest BCUT2D eigenvalue weighted by molar-refractivity contribution is -0.140. The summed E-state index contributed by atoms with van der Waals surface area (Å²) in [6, 6.07) is 8.76. The Morgan fingerprint density at radius 3 is 2.84 bits per heavy atom. The van der Waals surface area contributed by atoms with Gasteiger partial charge < -0.3 is 15.2 Å². The maximum Gasteiger partial charge on any atom is 0.407 e. The van der Waals surface area contributed by atoms with Gasteiger partial charge >= 0.3 is 12.1 Å². The molecular weight excluding hydrogens is 322 g/mol. The highest BCUT2D eigenvalue weighted by Crippen LogP contribution is 2.08. The van der Waals surface area contributed by atoms with Crippen LogP contribution >= 0.6 is 0 Å². The van der Waals surface area contributed by atoms with Crippen molar-refractivity contribution < 1.29 is 19.4 Å². The van der Waals surface area contributed by atoms with E-state index < -0.39 is 18.1 Å². The SMILES string of the molecule is C[C@@H](C(=O)O)n1cc(C=CCCNC(=O)OCc2ccccc2)cn1. The van der Waals surface area contributed by atoms with Gasteiger partial charge in [-0.3, -0.25) is 4.68 Å². The van der Waals surface area contributed by atoms with Gasteiger partial charge in [0.15, 0.2) is 0 Å². The molecule has 0 saturated carbocycles. The van der Waals surface area contributed by atoms with Crippen LogP contribution in [0.4, 0.5) is 4.79 Å². The zero-order chi connectivity index (χ0) is 18.1. The van der Waals surface area contributed by atoms with Gasteiger partial charge in [0.25, 0.3) is 0 Å². The van der Waals surface area contributed by atoms with Gasteiger partial charge in [0, 0.05) is 18.3 Å². The minimum Gasteiger partial charge on any atom is -0.480 e. The fraction of sp³-hybridized carbons (Fsp3) is 0.278. The Morgan fingerprint density at radius 1 is 1.36 bits per heavy atom. The van der Waals surface area contributed by atoms with Gasteiger partial charge in [-0.15, -0.1) is 0 Å². The molecule has 7 nitrogen and oxygen atoms in total. The van der Waals surface area contributed by atoms with Crippen LogP contribution in [0.15, 0.2) is 48.8 Å². The first-order chi connectivity index (χ1) is 12.1. The van der Waals surface area contributed by atoms with E-state index in [-0.39, 0.29) is 6.61 Å². The van der Waals surface area contributed by atoms with E-state index in [9.17, 15) is 9.59 Å². The standard InChI is InChI=1S/C18H21N3O4/c1-14(17(22)23)21-12-16(11-20-21)9-5-6-10-19-18(24)25-13-15-7-3-2-4-8-15/h2-5,7-9,11-12,14H,6,10,13H2,1H3,(H,19,24)(H,22,23)/t14-/m0/s1. The molecule has 0 radical (unpaired) electrons. The van der Waals surface area contributed by atoms with Crippen LogP contribution in [0.5, 0.6) is 0 Å². The molecule has 0 spiro atoms. The number of aliphatic carboxylic acids is 1. The molecule has 7 heteroatoms. The number of carboxylic acid groups (broad SMARTS) is 1. The number of nitrogens with zero attached hydrogens (tertiary/aromatic N) is 2. The molecular formula is C18H21N3O4. The summed E-state index contributed by atoms with van der Waals surface area (Å²) in [6.45, 7) is 2.25. The molecule has 1 heterocycles. The van der Waals surface area contributed by atoms with E-state index in [4.69, 9.17) is 9.84 Å². The Hall–Kier alpha value is -3.09. The van der Waals surface area contributed by atoms with Crippen molar-refractivity contribution in [3.05, 3.63) is 59.9 Å². The third-order valence-corrected chi connectivity index (χ3v) is 3.48. The second-order valence-corrected chi connectivity index (χ2v) is 5.45. The minimum absolute atomic E-state index is 0.240. The number of aromatic nitrogens is 2. The fourth-order valence-electron chi connectivity index (χ4n) is 2.01. The van der Waals surface area contributed by atoms with E-state index in [2.05, 4.69) is 10.4 Å². The number of carbonyl (C=O) groups excluding carboxylic acids is 1.